The standard InChI is InChI=1S/C23H20ClN3O3/c24-17-7-5-16(6-8-17)23(11-2-12-23)22(29)27-18-9-10-20(26-14-18)30-19-4-1-3-15(13-19)21(25)28/h1,3-10,13-14H,2,11-12H2,(H2,25,28)(H,27,29). The number of benzene rings is 2. The molecule has 3 aromatic rings. The molecule has 0 spiro atoms. The third-order valence-electron chi connectivity index (χ3n) is 5.37. The summed E-state index contributed by atoms with van der Waals surface area (Å²) in [5.74, 6) is 0.204. The summed E-state index contributed by atoms with van der Waals surface area (Å²) in [6.45, 7) is 0. The van der Waals surface area contributed by atoms with Gasteiger partial charge in [-0.3, -0.25) is 9.59 Å². The van der Waals surface area contributed by atoms with E-state index < -0.39 is 11.3 Å². The summed E-state index contributed by atoms with van der Waals surface area (Å²) in [4.78, 5) is 28.6. The van der Waals surface area contributed by atoms with Gasteiger partial charge in [0.05, 0.1) is 17.3 Å². The maximum absolute atomic E-state index is 13.0. The van der Waals surface area contributed by atoms with Crippen LogP contribution in [0.4, 0.5) is 5.69 Å². The van der Waals surface area contributed by atoms with Crippen LogP contribution in [0.5, 0.6) is 11.6 Å². The highest BCUT2D eigenvalue weighted by Crippen LogP contribution is 2.44. The van der Waals surface area contributed by atoms with Gasteiger partial charge in [0.25, 0.3) is 0 Å². The van der Waals surface area contributed by atoms with Crippen molar-refractivity contribution in [2.45, 2.75) is 24.7 Å². The number of anilines is 1. The quantitative estimate of drug-likeness (QED) is 0.603. The number of primary amides is 1. The zero-order chi connectivity index (χ0) is 21.1. The SMILES string of the molecule is NC(=O)c1cccc(Oc2ccc(NC(=O)C3(c4ccc(Cl)cc4)CCC3)cn2)c1. The summed E-state index contributed by atoms with van der Waals surface area (Å²) in [6.07, 6.45) is 4.14. The lowest BCUT2D eigenvalue weighted by atomic mass is 9.64. The molecule has 1 saturated carbocycles. The first-order valence-corrected chi connectivity index (χ1v) is 9.95. The number of rotatable bonds is 6. The molecular weight excluding hydrogens is 402 g/mol. The molecule has 152 valence electrons. The Balaban J connectivity index is 1.45. The monoisotopic (exact) mass is 421 g/mol. The van der Waals surface area contributed by atoms with Crippen LogP contribution in [0.15, 0.2) is 66.9 Å². The summed E-state index contributed by atoms with van der Waals surface area (Å²) in [5.41, 5.74) is 6.66. The van der Waals surface area contributed by atoms with Crippen LogP contribution in [0.3, 0.4) is 0 Å². The fourth-order valence-electron chi connectivity index (χ4n) is 3.55. The average Bonchev–Trinajstić information content (AvgIpc) is 2.70. The van der Waals surface area contributed by atoms with E-state index in [0.29, 0.717) is 27.9 Å². The number of pyridine rings is 1. The van der Waals surface area contributed by atoms with Crippen LogP contribution >= 0.6 is 11.6 Å². The van der Waals surface area contributed by atoms with Gasteiger partial charge in [-0.05, 0) is 54.8 Å². The maximum atomic E-state index is 13.0. The molecule has 1 aliphatic carbocycles. The molecule has 1 heterocycles. The number of hydrogen-bond donors (Lipinski definition) is 2. The highest BCUT2D eigenvalue weighted by Gasteiger charge is 2.45. The minimum Gasteiger partial charge on any atom is -0.439 e. The predicted molar refractivity (Wildman–Crippen MR) is 115 cm³/mol. The first-order chi connectivity index (χ1) is 14.5. The molecule has 6 nitrogen and oxygen atoms in total. The van der Waals surface area contributed by atoms with Gasteiger partial charge in [0, 0.05) is 16.7 Å². The molecule has 2 amide bonds. The second-order valence-corrected chi connectivity index (χ2v) is 7.71. The van der Waals surface area contributed by atoms with Gasteiger partial charge in [0.1, 0.15) is 5.75 Å². The summed E-state index contributed by atoms with van der Waals surface area (Å²) in [7, 11) is 0. The van der Waals surface area contributed by atoms with Crippen molar-refractivity contribution in [3.8, 4) is 11.6 Å². The Hall–Kier alpha value is -3.38. The molecule has 0 bridgehead atoms. The van der Waals surface area contributed by atoms with Crippen LogP contribution in [0.1, 0.15) is 35.2 Å². The highest BCUT2D eigenvalue weighted by atomic mass is 35.5. The smallest absolute Gasteiger partial charge is 0.248 e. The van der Waals surface area contributed by atoms with Crippen molar-refractivity contribution in [3.63, 3.8) is 0 Å². The van der Waals surface area contributed by atoms with Crippen LogP contribution < -0.4 is 15.8 Å². The van der Waals surface area contributed by atoms with Crippen molar-refractivity contribution in [1.82, 2.24) is 4.98 Å². The molecule has 1 fully saturated rings. The van der Waals surface area contributed by atoms with Crippen LogP contribution in [0.2, 0.25) is 5.02 Å². The molecule has 30 heavy (non-hydrogen) atoms. The highest BCUT2D eigenvalue weighted by molar-refractivity contribution is 6.30. The van der Waals surface area contributed by atoms with Gasteiger partial charge in [-0.25, -0.2) is 4.98 Å². The normalized spacial score (nSPS) is 14.4. The Bertz CT molecular complexity index is 1080. The van der Waals surface area contributed by atoms with Crippen molar-refractivity contribution in [3.05, 3.63) is 83.0 Å². The Labute approximate surface area is 179 Å². The van der Waals surface area contributed by atoms with Crippen molar-refractivity contribution in [1.29, 1.82) is 0 Å². The van der Waals surface area contributed by atoms with E-state index in [4.69, 9.17) is 22.1 Å². The van der Waals surface area contributed by atoms with Gasteiger partial charge in [-0.1, -0.05) is 36.2 Å². The Morgan fingerprint density at radius 3 is 2.43 bits per heavy atom. The Morgan fingerprint density at radius 2 is 1.83 bits per heavy atom. The zero-order valence-electron chi connectivity index (χ0n) is 16.1. The molecule has 1 aromatic heterocycles. The number of carbonyl (C=O) groups excluding carboxylic acids is 2. The molecule has 0 atom stereocenters. The minimum atomic E-state index is -0.533. The van der Waals surface area contributed by atoms with Crippen molar-refractivity contribution in [2.24, 2.45) is 5.73 Å². The number of nitrogens with zero attached hydrogens (tertiary/aromatic N) is 1. The topological polar surface area (TPSA) is 94.3 Å². The van der Waals surface area contributed by atoms with Crippen LogP contribution in [0.25, 0.3) is 0 Å². The number of amides is 2. The van der Waals surface area contributed by atoms with Crippen molar-refractivity contribution < 1.29 is 14.3 Å². The van der Waals surface area contributed by atoms with E-state index in [1.54, 1.807) is 42.6 Å². The first-order valence-electron chi connectivity index (χ1n) is 9.58. The molecular formula is C23H20ClN3O3. The molecule has 0 unspecified atom stereocenters. The fourth-order valence-corrected chi connectivity index (χ4v) is 3.67. The summed E-state index contributed by atoms with van der Waals surface area (Å²) in [5, 5.41) is 3.61. The Morgan fingerprint density at radius 1 is 1.07 bits per heavy atom. The minimum absolute atomic E-state index is 0.0549. The average molecular weight is 422 g/mol. The van der Waals surface area contributed by atoms with E-state index in [0.717, 1.165) is 24.8 Å². The van der Waals surface area contributed by atoms with E-state index in [1.165, 1.54) is 0 Å². The number of ether oxygens (including phenoxy) is 1. The molecule has 2 aromatic carbocycles. The number of aromatic nitrogens is 1. The van der Waals surface area contributed by atoms with E-state index in [2.05, 4.69) is 10.3 Å². The maximum Gasteiger partial charge on any atom is 0.248 e. The van der Waals surface area contributed by atoms with E-state index >= 15 is 0 Å². The lowest BCUT2D eigenvalue weighted by molar-refractivity contribution is -0.124. The van der Waals surface area contributed by atoms with Gasteiger partial charge in [-0.15, -0.1) is 0 Å². The molecule has 0 saturated heterocycles. The second kappa shape index (κ2) is 8.16. The van der Waals surface area contributed by atoms with Gasteiger partial charge >= 0.3 is 0 Å². The van der Waals surface area contributed by atoms with Gasteiger partial charge in [0.15, 0.2) is 0 Å². The molecule has 7 heteroatoms. The molecule has 4 rings (SSSR count). The number of halogens is 1. The van der Waals surface area contributed by atoms with Gasteiger partial charge in [-0.2, -0.15) is 0 Å². The van der Waals surface area contributed by atoms with E-state index in [1.807, 2.05) is 24.3 Å². The summed E-state index contributed by atoms with van der Waals surface area (Å²) >= 11 is 5.99. The summed E-state index contributed by atoms with van der Waals surface area (Å²) < 4.78 is 5.67. The molecule has 0 aliphatic heterocycles. The first kappa shape index (κ1) is 19.9. The molecule has 1 aliphatic rings. The lowest BCUT2D eigenvalue weighted by Gasteiger charge is -2.40. The molecule has 3 N–H and O–H groups in total. The van der Waals surface area contributed by atoms with Crippen LogP contribution in [-0.2, 0) is 10.2 Å². The molecule has 0 radical (unpaired) electrons. The third-order valence-corrected chi connectivity index (χ3v) is 5.63. The van der Waals surface area contributed by atoms with Gasteiger partial charge in [0.2, 0.25) is 17.7 Å². The number of hydrogen-bond acceptors (Lipinski definition) is 4. The van der Waals surface area contributed by atoms with Crippen LogP contribution in [-0.4, -0.2) is 16.8 Å². The van der Waals surface area contributed by atoms with Crippen LogP contribution in [0, 0.1) is 0 Å². The lowest BCUT2D eigenvalue weighted by Crippen LogP contribution is -2.46. The number of nitrogens with two attached hydrogens (primary N) is 1. The third kappa shape index (κ3) is 4.00. The van der Waals surface area contributed by atoms with Gasteiger partial charge < -0.3 is 15.8 Å². The number of carbonyl (C=O) groups is 2. The fraction of sp³-hybridized carbons (Fsp3) is 0.174. The zero-order valence-corrected chi connectivity index (χ0v) is 16.9. The van der Waals surface area contributed by atoms with E-state index in [-0.39, 0.29) is 5.91 Å². The van der Waals surface area contributed by atoms with Crippen molar-refractivity contribution in [2.75, 3.05) is 5.32 Å². The number of nitrogens with one attached hydrogen (secondary N) is 1. The van der Waals surface area contributed by atoms with Crippen molar-refractivity contribution >= 4 is 29.1 Å². The predicted octanol–water partition coefficient (Wildman–Crippen LogP) is 4.69. The second-order valence-electron chi connectivity index (χ2n) is 7.28. The largest absolute Gasteiger partial charge is 0.439 e. The van der Waals surface area contributed by atoms with E-state index in [9.17, 15) is 9.59 Å². The summed E-state index contributed by atoms with van der Waals surface area (Å²) in [6, 6.07) is 17.4. The Kier molecular flexibility index (Phi) is 5.42.